The Hall–Kier alpha value is -0.290. The Morgan fingerprint density at radius 3 is 2.79 bits per heavy atom. The van der Waals surface area contributed by atoms with Crippen LogP contribution in [0.2, 0.25) is 0 Å². The number of aliphatic imine (C=N–C) groups is 1. The molecule has 1 aliphatic heterocycles. The number of guanidine groups is 1. The summed E-state index contributed by atoms with van der Waals surface area (Å²) in [5.41, 5.74) is 5.79. The monoisotopic (exact) mass is 332 g/mol. The van der Waals surface area contributed by atoms with Crippen LogP contribution in [0.5, 0.6) is 0 Å². The standard InChI is InChI=1S/C14H28N4.BrH/c1-12-5-4-10-18(11-12)9-3-2-8-16-14(15)17-13-6-7-13;/h12-13H,2-11H2,1H3,(H3,15,16,17);1H. The van der Waals surface area contributed by atoms with E-state index in [0.29, 0.717) is 12.0 Å². The van der Waals surface area contributed by atoms with E-state index in [1.165, 1.54) is 51.7 Å². The second-order valence-corrected chi connectivity index (χ2v) is 5.94. The van der Waals surface area contributed by atoms with Crippen LogP contribution in [-0.4, -0.2) is 43.1 Å². The second kappa shape index (κ2) is 8.80. The number of nitrogens with one attached hydrogen (secondary N) is 1. The lowest BCUT2D eigenvalue weighted by atomic mass is 10.0. The number of hydrogen-bond acceptors (Lipinski definition) is 2. The van der Waals surface area contributed by atoms with Gasteiger partial charge in [0.1, 0.15) is 0 Å². The molecule has 1 atom stereocenters. The average molecular weight is 333 g/mol. The first-order valence-corrected chi connectivity index (χ1v) is 7.53. The minimum absolute atomic E-state index is 0. The number of piperidine rings is 1. The van der Waals surface area contributed by atoms with E-state index >= 15 is 0 Å². The van der Waals surface area contributed by atoms with Gasteiger partial charge in [-0.2, -0.15) is 0 Å². The van der Waals surface area contributed by atoms with Gasteiger partial charge in [-0.05, 0) is 57.5 Å². The Labute approximate surface area is 128 Å². The maximum absolute atomic E-state index is 5.79. The van der Waals surface area contributed by atoms with Gasteiger partial charge >= 0.3 is 0 Å². The first kappa shape index (κ1) is 16.8. The number of halogens is 1. The summed E-state index contributed by atoms with van der Waals surface area (Å²) in [6.45, 7) is 7.04. The molecule has 1 saturated carbocycles. The SMILES string of the molecule is Br.CC1CCCN(CCCCN=C(N)NC2CC2)C1. The van der Waals surface area contributed by atoms with Crippen molar-refractivity contribution < 1.29 is 0 Å². The molecule has 1 saturated heterocycles. The topological polar surface area (TPSA) is 53.6 Å². The molecule has 1 aliphatic carbocycles. The van der Waals surface area contributed by atoms with Gasteiger partial charge in [-0.3, -0.25) is 4.99 Å². The fourth-order valence-corrected chi connectivity index (χ4v) is 2.62. The van der Waals surface area contributed by atoms with Crippen molar-refractivity contribution in [3.8, 4) is 0 Å². The predicted molar refractivity (Wildman–Crippen MR) is 87.0 cm³/mol. The van der Waals surface area contributed by atoms with Crippen molar-refractivity contribution in [1.29, 1.82) is 0 Å². The molecule has 0 aromatic rings. The Morgan fingerprint density at radius 2 is 2.11 bits per heavy atom. The van der Waals surface area contributed by atoms with Gasteiger partial charge in [0.15, 0.2) is 5.96 Å². The van der Waals surface area contributed by atoms with Gasteiger partial charge in [-0.1, -0.05) is 6.92 Å². The number of likely N-dealkylation sites (tertiary alicyclic amines) is 1. The van der Waals surface area contributed by atoms with Crippen molar-refractivity contribution in [3.05, 3.63) is 0 Å². The van der Waals surface area contributed by atoms with Crippen LogP contribution in [-0.2, 0) is 0 Å². The first-order chi connectivity index (χ1) is 8.74. The number of hydrogen-bond donors (Lipinski definition) is 2. The molecule has 2 fully saturated rings. The lowest BCUT2D eigenvalue weighted by molar-refractivity contribution is 0.181. The lowest BCUT2D eigenvalue weighted by Gasteiger charge is -2.30. The minimum atomic E-state index is 0. The number of unbranched alkanes of at least 4 members (excludes halogenated alkanes) is 1. The van der Waals surface area contributed by atoms with Gasteiger partial charge in [0.2, 0.25) is 0 Å². The smallest absolute Gasteiger partial charge is 0.188 e. The molecule has 0 amide bonds. The maximum atomic E-state index is 5.79. The van der Waals surface area contributed by atoms with Gasteiger partial charge in [0.25, 0.3) is 0 Å². The van der Waals surface area contributed by atoms with Crippen molar-refractivity contribution in [2.75, 3.05) is 26.2 Å². The van der Waals surface area contributed by atoms with Gasteiger partial charge < -0.3 is 16.0 Å². The molecule has 4 nitrogen and oxygen atoms in total. The highest BCUT2D eigenvalue weighted by molar-refractivity contribution is 8.93. The summed E-state index contributed by atoms with van der Waals surface area (Å²) in [6, 6.07) is 0.614. The highest BCUT2D eigenvalue weighted by Gasteiger charge is 2.21. The van der Waals surface area contributed by atoms with E-state index in [-0.39, 0.29) is 17.0 Å². The summed E-state index contributed by atoms with van der Waals surface area (Å²) in [4.78, 5) is 6.97. The predicted octanol–water partition coefficient (Wildman–Crippen LogP) is 2.14. The average Bonchev–Trinajstić information content (AvgIpc) is 3.12. The zero-order chi connectivity index (χ0) is 12.8. The summed E-state index contributed by atoms with van der Waals surface area (Å²) >= 11 is 0. The van der Waals surface area contributed by atoms with Gasteiger partial charge in [0.05, 0.1) is 0 Å². The molecule has 1 heterocycles. The minimum Gasteiger partial charge on any atom is -0.370 e. The van der Waals surface area contributed by atoms with Crippen LogP contribution in [0.4, 0.5) is 0 Å². The first-order valence-electron chi connectivity index (χ1n) is 7.53. The van der Waals surface area contributed by atoms with Crippen LogP contribution < -0.4 is 11.1 Å². The molecule has 0 spiro atoms. The Morgan fingerprint density at radius 1 is 1.32 bits per heavy atom. The molecule has 19 heavy (non-hydrogen) atoms. The summed E-state index contributed by atoms with van der Waals surface area (Å²) in [7, 11) is 0. The van der Waals surface area contributed by atoms with Gasteiger partial charge in [-0.15, -0.1) is 17.0 Å². The number of nitrogens with two attached hydrogens (primary N) is 1. The molecule has 112 valence electrons. The zero-order valence-electron chi connectivity index (χ0n) is 12.1. The van der Waals surface area contributed by atoms with Crippen LogP contribution in [0.3, 0.4) is 0 Å². The molecule has 2 rings (SSSR count). The maximum Gasteiger partial charge on any atom is 0.188 e. The Balaban J connectivity index is 0.00000180. The molecule has 1 unspecified atom stereocenters. The van der Waals surface area contributed by atoms with E-state index in [9.17, 15) is 0 Å². The van der Waals surface area contributed by atoms with Gasteiger partial charge in [0, 0.05) is 19.1 Å². The molecule has 0 aromatic heterocycles. The largest absolute Gasteiger partial charge is 0.370 e. The van der Waals surface area contributed by atoms with Crippen LogP contribution in [0, 0.1) is 5.92 Å². The quantitative estimate of drug-likeness (QED) is 0.445. The van der Waals surface area contributed by atoms with Crippen molar-refractivity contribution in [2.24, 2.45) is 16.6 Å². The number of rotatable bonds is 6. The Kier molecular flexibility index (Phi) is 7.76. The van der Waals surface area contributed by atoms with Crippen molar-refractivity contribution >= 4 is 22.9 Å². The van der Waals surface area contributed by atoms with Crippen molar-refractivity contribution in [2.45, 2.75) is 51.5 Å². The van der Waals surface area contributed by atoms with Gasteiger partial charge in [-0.25, -0.2) is 0 Å². The molecule has 0 radical (unpaired) electrons. The third kappa shape index (κ3) is 7.16. The van der Waals surface area contributed by atoms with E-state index in [4.69, 9.17) is 5.73 Å². The Bertz CT molecular complexity index is 279. The van der Waals surface area contributed by atoms with Crippen molar-refractivity contribution in [1.82, 2.24) is 10.2 Å². The zero-order valence-corrected chi connectivity index (χ0v) is 13.8. The third-order valence-electron chi connectivity index (χ3n) is 3.84. The van der Waals surface area contributed by atoms with Crippen LogP contribution >= 0.6 is 17.0 Å². The van der Waals surface area contributed by atoms with E-state index in [1.807, 2.05) is 0 Å². The third-order valence-corrected chi connectivity index (χ3v) is 3.84. The van der Waals surface area contributed by atoms with E-state index in [1.54, 1.807) is 0 Å². The fourth-order valence-electron chi connectivity index (χ4n) is 2.62. The van der Waals surface area contributed by atoms with Crippen LogP contribution in [0.15, 0.2) is 4.99 Å². The summed E-state index contributed by atoms with van der Waals surface area (Å²) < 4.78 is 0. The van der Waals surface area contributed by atoms with Crippen LogP contribution in [0.1, 0.15) is 45.4 Å². The normalized spacial score (nSPS) is 24.9. The van der Waals surface area contributed by atoms with Crippen molar-refractivity contribution in [3.63, 3.8) is 0 Å². The molecule has 2 aliphatic rings. The highest BCUT2D eigenvalue weighted by atomic mass is 79.9. The summed E-state index contributed by atoms with van der Waals surface area (Å²) in [5.74, 6) is 1.53. The fraction of sp³-hybridized carbons (Fsp3) is 0.929. The highest BCUT2D eigenvalue weighted by Crippen LogP contribution is 2.18. The van der Waals surface area contributed by atoms with E-state index < -0.39 is 0 Å². The van der Waals surface area contributed by atoms with E-state index in [2.05, 4.69) is 22.1 Å². The molecule has 3 N–H and O–H groups in total. The molecular weight excluding hydrogens is 304 g/mol. The molecular formula is C14H29BrN4. The number of nitrogens with zero attached hydrogens (tertiary/aromatic N) is 2. The second-order valence-electron chi connectivity index (χ2n) is 5.94. The van der Waals surface area contributed by atoms with E-state index in [0.717, 1.165) is 18.9 Å². The molecule has 5 heteroatoms. The summed E-state index contributed by atoms with van der Waals surface area (Å²) in [6.07, 6.45) is 7.68. The lowest BCUT2D eigenvalue weighted by Crippen LogP contribution is -2.35. The van der Waals surface area contributed by atoms with Crippen LogP contribution in [0.25, 0.3) is 0 Å². The molecule has 0 bridgehead atoms. The summed E-state index contributed by atoms with van der Waals surface area (Å²) in [5, 5.41) is 3.22. The molecule has 0 aromatic carbocycles.